The van der Waals surface area contributed by atoms with E-state index in [1.54, 1.807) is 0 Å². The number of hydrogen-bond donors (Lipinski definition) is 7. The predicted octanol–water partition coefficient (Wildman–Crippen LogP) is 1.54. The second-order valence-electron chi connectivity index (χ2n) is 15.3. The van der Waals surface area contributed by atoms with Crippen LogP contribution in [-0.4, -0.2) is 101 Å². The van der Waals surface area contributed by atoms with E-state index < -0.39 is 185 Å². The SMILES string of the molecule is O=C1c2ccc(S(=O)(=O)O)cc2C(=O)C1CCS(=O)(=O)c1cc(S(=O)(=O)O)c(Nc2cc(S(=O)(=O)O)c3nc(=O)c(=C(O)c4cccc(S(=O)(=O)O)c4)c4c5ccccc5c(=O)c2c3=4)c(S(=O)(=O)O)c1. The Morgan fingerprint density at radius 1 is 0.557 bits per heavy atom. The third-order valence-electron chi connectivity index (χ3n) is 11.1. The molecule has 0 radical (unpaired) electrons. The van der Waals surface area contributed by atoms with Crippen molar-refractivity contribution in [1.82, 2.24) is 4.98 Å². The fourth-order valence-electron chi connectivity index (χ4n) is 8.05. The molecule has 1 atom stereocenters. The Labute approximate surface area is 392 Å². The van der Waals surface area contributed by atoms with Crippen LogP contribution in [0.2, 0.25) is 0 Å². The summed E-state index contributed by atoms with van der Waals surface area (Å²) in [6.45, 7) is 0. The Morgan fingerprint density at radius 3 is 1.69 bits per heavy atom. The molecule has 70 heavy (non-hydrogen) atoms. The fraction of sp³-hybridized carbons (Fsp3) is 0.0750. The van der Waals surface area contributed by atoms with Crippen molar-refractivity contribution >= 4 is 111 Å². The van der Waals surface area contributed by atoms with Crippen LogP contribution >= 0.6 is 0 Å². The molecule has 0 aromatic heterocycles. The van der Waals surface area contributed by atoms with Crippen molar-refractivity contribution < 1.29 is 88.0 Å². The molecule has 364 valence electrons. The Kier molecular flexibility index (Phi) is 11.7. The summed E-state index contributed by atoms with van der Waals surface area (Å²) in [5.41, 5.74) is -7.42. The van der Waals surface area contributed by atoms with E-state index in [9.17, 15) is 97.6 Å². The van der Waals surface area contributed by atoms with Gasteiger partial charge in [-0.1, -0.05) is 36.4 Å². The van der Waals surface area contributed by atoms with Crippen molar-refractivity contribution in [3.8, 4) is 0 Å². The van der Waals surface area contributed by atoms with E-state index >= 15 is 0 Å². The maximum absolute atomic E-state index is 14.5. The van der Waals surface area contributed by atoms with Crippen molar-refractivity contribution in [3.05, 3.63) is 138 Å². The lowest BCUT2D eigenvalue weighted by Gasteiger charge is -2.19. The van der Waals surface area contributed by atoms with E-state index in [1.807, 2.05) is 0 Å². The van der Waals surface area contributed by atoms with Crippen LogP contribution in [0.15, 0.2) is 124 Å². The Hall–Kier alpha value is -6.71. The minimum atomic E-state index is -5.93. The molecule has 0 amide bonds. The normalized spacial score (nSPS) is 15.5. The quantitative estimate of drug-likeness (QED) is 0.0674. The molecule has 7 N–H and O–H groups in total. The first-order valence-corrected chi connectivity index (χ1v) is 27.9. The van der Waals surface area contributed by atoms with E-state index in [1.165, 1.54) is 18.2 Å². The van der Waals surface area contributed by atoms with Crippen molar-refractivity contribution in [2.45, 2.75) is 35.8 Å². The maximum atomic E-state index is 14.5. The molecule has 5 aromatic carbocycles. The lowest BCUT2D eigenvalue weighted by Crippen LogP contribution is -2.33. The van der Waals surface area contributed by atoms with Crippen molar-refractivity contribution in [1.29, 1.82) is 0 Å². The van der Waals surface area contributed by atoms with Crippen LogP contribution in [0.3, 0.4) is 0 Å². The third-order valence-corrected chi connectivity index (χ3v) is 17.2. The topological polar surface area (TPSA) is 419 Å². The van der Waals surface area contributed by atoms with Crippen LogP contribution < -0.4 is 21.5 Å². The number of ketones is 2. The van der Waals surface area contributed by atoms with Gasteiger partial charge in [0.1, 0.15) is 20.4 Å². The van der Waals surface area contributed by atoms with Gasteiger partial charge in [0, 0.05) is 32.5 Å². The standard InChI is InChI=1S/C40H26N2O22S6/c43-36(17-4-3-5-18(12-17)66(50,51)52)33-30-21-6-1-2-7-22(21)39(46)31-26(16-29(70(62,63)64)35(32(30)31)42-40(33)47)41-34-27(68(56,57)58)14-20(15-28(34)69(59,60)61)65(48,49)11-10-24-37(44)23-9-8-19(67(53,54)55)13-25(23)38(24)45/h1-9,12-16,24,41,43H,10-11H2,(H,50,51,52)(H,53,54,55)(H,56,57,58)(H,59,60,61)(H,62,63,64). The van der Waals surface area contributed by atoms with Gasteiger partial charge in [-0.3, -0.25) is 41.9 Å². The second-order valence-corrected chi connectivity index (χ2v) is 24.5. The number of nitrogens with zero attached hydrogens (tertiary/aromatic N) is 1. The van der Waals surface area contributed by atoms with Crippen molar-refractivity contribution in [3.63, 3.8) is 0 Å². The lowest BCUT2D eigenvalue weighted by molar-refractivity contribution is 0.0835. The molecule has 24 nitrogen and oxygen atoms in total. The van der Waals surface area contributed by atoms with Crippen LogP contribution in [0.1, 0.15) is 32.7 Å². The van der Waals surface area contributed by atoms with Gasteiger partial charge in [-0.2, -0.15) is 42.1 Å². The highest BCUT2D eigenvalue weighted by Crippen LogP contribution is 2.39. The van der Waals surface area contributed by atoms with Gasteiger partial charge in [0.15, 0.2) is 26.8 Å². The third kappa shape index (κ3) is 8.56. The van der Waals surface area contributed by atoms with Gasteiger partial charge < -0.3 is 10.4 Å². The Bertz CT molecular complexity index is 4480. The molecule has 1 unspecified atom stereocenters. The maximum Gasteiger partial charge on any atom is 0.296 e. The molecular weight excluding hydrogens is 1050 g/mol. The molecule has 2 aliphatic carbocycles. The summed E-state index contributed by atoms with van der Waals surface area (Å²) >= 11 is 0. The number of anilines is 2. The van der Waals surface area contributed by atoms with Crippen LogP contribution in [0.4, 0.5) is 11.4 Å². The number of nitrogens with one attached hydrogen (secondary N) is 1. The number of hydrogen-bond acceptors (Lipinski definition) is 19. The molecule has 30 heteroatoms. The Balaban J connectivity index is 1.39. The highest BCUT2D eigenvalue weighted by molar-refractivity contribution is 7.91. The Morgan fingerprint density at radius 2 is 1.11 bits per heavy atom. The summed E-state index contributed by atoms with van der Waals surface area (Å²) in [6.07, 6.45) is -0.914. The molecule has 5 aromatic rings. The first kappa shape index (κ1) is 49.7. The minimum absolute atomic E-state index is 0.142. The summed E-state index contributed by atoms with van der Waals surface area (Å²) in [5, 5.41) is 10.2. The molecule has 0 fully saturated rings. The van der Waals surface area contributed by atoms with E-state index in [0.717, 1.165) is 42.5 Å². The van der Waals surface area contributed by atoms with E-state index in [4.69, 9.17) is 0 Å². The number of carbonyl (C=O) groups excluding carboxylic acids is 2. The predicted molar refractivity (Wildman–Crippen MR) is 239 cm³/mol. The summed E-state index contributed by atoms with van der Waals surface area (Å²) in [7, 11) is -32.4. The summed E-state index contributed by atoms with van der Waals surface area (Å²) < 4.78 is 204. The van der Waals surface area contributed by atoms with Gasteiger partial charge in [-0.25, -0.2) is 13.4 Å². The zero-order chi connectivity index (χ0) is 51.6. The van der Waals surface area contributed by atoms with Crippen LogP contribution in [0, 0.1) is 16.4 Å². The number of rotatable bonds is 12. The fourth-order valence-corrected chi connectivity index (χ4v) is 12.7. The van der Waals surface area contributed by atoms with Crippen molar-refractivity contribution in [2.24, 2.45) is 5.92 Å². The molecule has 3 aliphatic rings. The van der Waals surface area contributed by atoms with E-state index in [2.05, 4.69) is 10.3 Å². The first-order valence-electron chi connectivity index (χ1n) is 19.0. The van der Waals surface area contributed by atoms with Crippen LogP contribution in [0.5, 0.6) is 0 Å². The monoisotopic (exact) mass is 1080 g/mol. The van der Waals surface area contributed by atoms with E-state index in [-0.39, 0.29) is 28.5 Å². The van der Waals surface area contributed by atoms with Gasteiger partial charge in [0.05, 0.1) is 53.9 Å². The summed E-state index contributed by atoms with van der Waals surface area (Å²) in [4.78, 5) is 50.9. The molecular formula is C40H26N2O22S6. The van der Waals surface area contributed by atoms with Gasteiger partial charge >= 0.3 is 0 Å². The largest absolute Gasteiger partial charge is 0.506 e. The molecule has 0 saturated heterocycles. The molecule has 0 saturated carbocycles. The zero-order valence-electron chi connectivity index (χ0n) is 34.2. The summed E-state index contributed by atoms with van der Waals surface area (Å²) in [5.74, 6) is -6.26. The number of sulfone groups is 1. The zero-order valence-corrected chi connectivity index (χ0v) is 39.1. The van der Waals surface area contributed by atoms with Gasteiger partial charge in [0.25, 0.3) is 56.1 Å². The number of fused-ring (bicyclic) bond motifs is 3. The smallest absolute Gasteiger partial charge is 0.296 e. The highest BCUT2D eigenvalue weighted by Gasteiger charge is 2.40. The van der Waals surface area contributed by atoms with Crippen LogP contribution in [-0.2, 0) is 60.4 Å². The van der Waals surface area contributed by atoms with Crippen LogP contribution in [0.25, 0.3) is 27.4 Å². The average molecular weight is 1080 g/mol. The number of benzene rings is 5. The number of Topliss-reactive ketones (excluding diaryl/α,β-unsaturated/α-hetero) is 2. The number of aliphatic hydroxyl groups excluding tert-OH is 1. The van der Waals surface area contributed by atoms with E-state index in [0.29, 0.717) is 12.1 Å². The van der Waals surface area contributed by atoms with Gasteiger partial charge in [0.2, 0.25) is 0 Å². The molecule has 1 heterocycles. The second kappa shape index (κ2) is 16.4. The van der Waals surface area contributed by atoms with Gasteiger partial charge in [-0.05, 0) is 60.3 Å². The molecule has 0 spiro atoms. The minimum Gasteiger partial charge on any atom is -0.506 e. The van der Waals surface area contributed by atoms with Gasteiger partial charge in [-0.15, -0.1) is 0 Å². The highest BCUT2D eigenvalue weighted by atomic mass is 32.2. The summed E-state index contributed by atoms with van der Waals surface area (Å²) in [6, 6.07) is 11.7. The number of aromatic nitrogens is 1. The average Bonchev–Trinajstić information content (AvgIpc) is 3.49. The lowest BCUT2D eigenvalue weighted by atomic mass is 9.96. The number of carbonyl (C=O) groups is 2. The first-order chi connectivity index (χ1) is 32.2. The molecule has 1 aliphatic heterocycles. The molecule has 0 bridgehead atoms. The van der Waals surface area contributed by atoms with Crippen molar-refractivity contribution in [2.75, 3.05) is 11.1 Å². The molecule has 8 rings (SSSR count). The number of aliphatic hydroxyl groups is 1.